The van der Waals surface area contributed by atoms with Gasteiger partial charge in [0.05, 0.1) is 20.2 Å². The first-order chi connectivity index (χ1) is 10.6. The molecule has 22 heavy (non-hydrogen) atoms. The summed E-state index contributed by atoms with van der Waals surface area (Å²) in [7, 11) is 3.38. The number of likely N-dealkylation sites (N-methyl/N-ethyl adjacent to an activating group) is 1. The molecule has 120 valence electrons. The summed E-state index contributed by atoms with van der Waals surface area (Å²) in [5.41, 5.74) is 1.00. The van der Waals surface area contributed by atoms with Crippen molar-refractivity contribution >= 4 is 11.8 Å². The van der Waals surface area contributed by atoms with Gasteiger partial charge in [0.25, 0.3) is 0 Å². The molecule has 0 unspecified atom stereocenters. The summed E-state index contributed by atoms with van der Waals surface area (Å²) in [5, 5.41) is 5.74. The maximum Gasteiger partial charge on any atom is 0.234 e. The molecule has 2 amide bonds. The largest absolute Gasteiger partial charge is 0.497 e. The van der Waals surface area contributed by atoms with E-state index in [-0.39, 0.29) is 24.9 Å². The monoisotopic (exact) mass is 305 g/mol. The van der Waals surface area contributed by atoms with Crippen molar-refractivity contribution in [3.05, 3.63) is 29.8 Å². The number of carbonyl (C=O) groups is 2. The first-order valence-electron chi connectivity index (χ1n) is 7.44. The lowest BCUT2D eigenvalue weighted by atomic mass is 10.2. The van der Waals surface area contributed by atoms with Crippen molar-refractivity contribution in [3.63, 3.8) is 0 Å². The van der Waals surface area contributed by atoms with Gasteiger partial charge in [-0.25, -0.2) is 0 Å². The van der Waals surface area contributed by atoms with Crippen molar-refractivity contribution in [2.75, 3.05) is 27.2 Å². The lowest BCUT2D eigenvalue weighted by Gasteiger charge is -2.16. The molecule has 2 rings (SSSR count). The molecule has 6 heteroatoms. The molecule has 1 fully saturated rings. The number of nitrogens with zero attached hydrogens (tertiary/aromatic N) is 1. The van der Waals surface area contributed by atoms with Gasteiger partial charge in [-0.05, 0) is 37.6 Å². The van der Waals surface area contributed by atoms with Gasteiger partial charge in [0.1, 0.15) is 5.75 Å². The Balaban J connectivity index is 1.66. The van der Waals surface area contributed by atoms with E-state index in [1.54, 1.807) is 19.1 Å². The minimum atomic E-state index is -0.0995. The number of amides is 2. The van der Waals surface area contributed by atoms with Gasteiger partial charge in [-0.2, -0.15) is 0 Å². The zero-order valence-corrected chi connectivity index (χ0v) is 13.1. The van der Waals surface area contributed by atoms with Gasteiger partial charge in [0.2, 0.25) is 11.8 Å². The minimum absolute atomic E-state index is 0.0204. The maximum atomic E-state index is 11.9. The Bertz CT molecular complexity index is 512. The Hall–Kier alpha value is -2.08. The third kappa shape index (κ3) is 5.73. The molecule has 1 aliphatic carbocycles. The summed E-state index contributed by atoms with van der Waals surface area (Å²) < 4.78 is 5.08. The first kappa shape index (κ1) is 16.3. The van der Waals surface area contributed by atoms with Crippen LogP contribution in [0, 0.1) is 0 Å². The van der Waals surface area contributed by atoms with Crippen LogP contribution in [0.1, 0.15) is 18.4 Å². The highest BCUT2D eigenvalue weighted by atomic mass is 16.5. The number of hydrogen-bond acceptors (Lipinski definition) is 4. The SMILES string of the molecule is COc1ccc(CNC(=O)CN(C)CC(=O)NC2CC2)cc1. The molecule has 1 saturated carbocycles. The third-order valence-corrected chi connectivity index (χ3v) is 3.42. The summed E-state index contributed by atoms with van der Waals surface area (Å²) in [6, 6.07) is 7.88. The summed E-state index contributed by atoms with van der Waals surface area (Å²) >= 11 is 0. The van der Waals surface area contributed by atoms with Gasteiger partial charge in [-0.15, -0.1) is 0 Å². The molecule has 0 atom stereocenters. The maximum absolute atomic E-state index is 11.9. The predicted molar refractivity (Wildman–Crippen MR) is 83.5 cm³/mol. The number of hydrogen-bond donors (Lipinski definition) is 2. The fourth-order valence-electron chi connectivity index (χ4n) is 2.05. The number of nitrogens with one attached hydrogen (secondary N) is 2. The van der Waals surface area contributed by atoms with Crippen LogP contribution in [0.25, 0.3) is 0 Å². The molecule has 0 heterocycles. The van der Waals surface area contributed by atoms with E-state index in [4.69, 9.17) is 4.74 Å². The topological polar surface area (TPSA) is 70.7 Å². The van der Waals surface area contributed by atoms with E-state index in [0.29, 0.717) is 12.6 Å². The van der Waals surface area contributed by atoms with E-state index in [0.717, 1.165) is 24.2 Å². The van der Waals surface area contributed by atoms with Crippen LogP contribution < -0.4 is 15.4 Å². The van der Waals surface area contributed by atoms with Gasteiger partial charge >= 0.3 is 0 Å². The molecule has 1 aliphatic rings. The number of benzene rings is 1. The first-order valence-corrected chi connectivity index (χ1v) is 7.44. The van der Waals surface area contributed by atoms with Crippen LogP contribution in [0.3, 0.4) is 0 Å². The second-order valence-corrected chi connectivity index (χ2v) is 5.64. The Morgan fingerprint density at radius 1 is 1.18 bits per heavy atom. The lowest BCUT2D eigenvalue weighted by molar-refractivity contribution is -0.124. The van der Waals surface area contributed by atoms with Crippen LogP contribution in [-0.2, 0) is 16.1 Å². The number of methoxy groups -OCH3 is 1. The Labute approximate surface area is 130 Å². The molecule has 0 aromatic heterocycles. The highest BCUT2D eigenvalue weighted by Gasteiger charge is 2.23. The van der Waals surface area contributed by atoms with Crippen molar-refractivity contribution in [2.45, 2.75) is 25.4 Å². The smallest absolute Gasteiger partial charge is 0.234 e. The normalized spacial score (nSPS) is 13.8. The molecule has 1 aromatic rings. The van der Waals surface area contributed by atoms with E-state index in [9.17, 15) is 9.59 Å². The van der Waals surface area contributed by atoms with Gasteiger partial charge in [0, 0.05) is 12.6 Å². The van der Waals surface area contributed by atoms with Gasteiger partial charge in [-0.3, -0.25) is 14.5 Å². The molecule has 0 saturated heterocycles. The summed E-state index contributed by atoms with van der Waals surface area (Å²) in [6.07, 6.45) is 2.13. The molecule has 0 radical (unpaired) electrons. The zero-order chi connectivity index (χ0) is 15.9. The van der Waals surface area contributed by atoms with Crippen LogP contribution in [0.2, 0.25) is 0 Å². The van der Waals surface area contributed by atoms with E-state index < -0.39 is 0 Å². The molecular weight excluding hydrogens is 282 g/mol. The predicted octanol–water partition coefficient (Wildman–Crippen LogP) is 0.522. The zero-order valence-electron chi connectivity index (χ0n) is 13.1. The quantitative estimate of drug-likeness (QED) is 0.735. The number of ether oxygens (including phenoxy) is 1. The lowest BCUT2D eigenvalue weighted by Crippen LogP contribution is -2.41. The van der Waals surface area contributed by atoms with Crippen molar-refractivity contribution in [1.82, 2.24) is 15.5 Å². The average Bonchev–Trinajstić information content (AvgIpc) is 3.29. The molecule has 2 N–H and O–H groups in total. The summed E-state index contributed by atoms with van der Waals surface area (Å²) in [4.78, 5) is 25.2. The Morgan fingerprint density at radius 3 is 2.41 bits per heavy atom. The van der Waals surface area contributed by atoms with E-state index in [2.05, 4.69) is 10.6 Å². The van der Waals surface area contributed by atoms with Crippen LogP contribution in [-0.4, -0.2) is 50.0 Å². The third-order valence-electron chi connectivity index (χ3n) is 3.42. The minimum Gasteiger partial charge on any atom is -0.497 e. The van der Waals surface area contributed by atoms with Gasteiger partial charge < -0.3 is 15.4 Å². The standard InChI is InChI=1S/C16H23N3O3/c1-19(11-16(21)18-13-5-6-13)10-15(20)17-9-12-3-7-14(22-2)8-4-12/h3-4,7-8,13H,5-6,9-11H2,1-2H3,(H,17,20)(H,18,21). The summed E-state index contributed by atoms with van der Waals surface area (Å²) in [5.74, 6) is 0.668. The Morgan fingerprint density at radius 2 is 1.82 bits per heavy atom. The Kier molecular flexibility index (Phi) is 5.77. The van der Waals surface area contributed by atoms with E-state index in [1.165, 1.54) is 0 Å². The van der Waals surface area contributed by atoms with Crippen molar-refractivity contribution in [2.24, 2.45) is 0 Å². The van der Waals surface area contributed by atoms with Gasteiger partial charge in [-0.1, -0.05) is 12.1 Å². The molecule has 0 aliphatic heterocycles. The van der Waals surface area contributed by atoms with Crippen molar-refractivity contribution in [1.29, 1.82) is 0 Å². The fraction of sp³-hybridized carbons (Fsp3) is 0.500. The van der Waals surface area contributed by atoms with Crippen LogP contribution in [0.4, 0.5) is 0 Å². The molecular formula is C16H23N3O3. The number of carbonyl (C=O) groups excluding carboxylic acids is 2. The van der Waals surface area contributed by atoms with E-state index >= 15 is 0 Å². The molecule has 0 spiro atoms. The second kappa shape index (κ2) is 7.79. The number of rotatable bonds is 8. The highest BCUT2D eigenvalue weighted by Crippen LogP contribution is 2.18. The van der Waals surface area contributed by atoms with Crippen LogP contribution in [0.5, 0.6) is 5.75 Å². The van der Waals surface area contributed by atoms with Crippen LogP contribution >= 0.6 is 0 Å². The second-order valence-electron chi connectivity index (χ2n) is 5.64. The molecule has 6 nitrogen and oxygen atoms in total. The van der Waals surface area contributed by atoms with Crippen molar-refractivity contribution in [3.8, 4) is 5.75 Å². The fourth-order valence-corrected chi connectivity index (χ4v) is 2.05. The molecule has 1 aromatic carbocycles. The highest BCUT2D eigenvalue weighted by molar-refractivity contribution is 5.81. The average molecular weight is 305 g/mol. The van der Waals surface area contributed by atoms with Gasteiger partial charge in [0.15, 0.2) is 0 Å². The molecule has 0 bridgehead atoms. The van der Waals surface area contributed by atoms with Crippen molar-refractivity contribution < 1.29 is 14.3 Å². The van der Waals surface area contributed by atoms with E-state index in [1.807, 2.05) is 24.3 Å². The summed E-state index contributed by atoms with van der Waals surface area (Å²) in [6.45, 7) is 0.908. The van der Waals surface area contributed by atoms with Crippen LogP contribution in [0.15, 0.2) is 24.3 Å².